The molecule has 2 heteroatoms. The van der Waals surface area contributed by atoms with Crippen LogP contribution in [0.5, 0.6) is 0 Å². The predicted molar refractivity (Wildman–Crippen MR) is 58.1 cm³/mol. The number of H-pyrrole nitrogens is 1. The summed E-state index contributed by atoms with van der Waals surface area (Å²) in [4.78, 5) is 7.75. The normalized spacial score (nSPS) is 10.7. The molecule has 0 bridgehead atoms. The first-order valence-corrected chi connectivity index (χ1v) is 4.67. The molecule has 1 aromatic carbocycles. The summed E-state index contributed by atoms with van der Waals surface area (Å²) in [6.07, 6.45) is 5.40. The lowest BCUT2D eigenvalue weighted by molar-refractivity contribution is 0.799. The van der Waals surface area contributed by atoms with E-state index in [4.69, 9.17) is 6.42 Å². The van der Waals surface area contributed by atoms with Gasteiger partial charge in [0.15, 0.2) is 0 Å². The highest BCUT2D eigenvalue weighted by Crippen LogP contribution is 2.19. The number of hydrogen-bond donors (Lipinski definition) is 1. The highest BCUT2D eigenvalue weighted by molar-refractivity contribution is 5.81. The van der Waals surface area contributed by atoms with E-state index in [0.717, 1.165) is 22.4 Å². The van der Waals surface area contributed by atoms with Crippen molar-refractivity contribution in [3.63, 3.8) is 0 Å². The summed E-state index contributed by atoms with van der Waals surface area (Å²) in [5, 5.41) is 0. The Bertz CT molecular complexity index is 501. The van der Waals surface area contributed by atoms with Crippen molar-refractivity contribution < 1.29 is 0 Å². The Labute approximate surface area is 83.4 Å². The Hall–Kier alpha value is -1.75. The number of hydrogen-bond acceptors (Lipinski definition) is 1. The van der Waals surface area contributed by atoms with Gasteiger partial charge in [-0.25, -0.2) is 4.98 Å². The number of aromatic amines is 1. The minimum absolute atomic E-state index is 0.396. The number of para-hydroxylation sites is 1. The summed E-state index contributed by atoms with van der Waals surface area (Å²) < 4.78 is 0. The Balaban J connectivity index is 2.72. The molecular formula is C12H12N2. The first kappa shape index (κ1) is 8.83. The van der Waals surface area contributed by atoms with Crippen LogP contribution in [0.25, 0.3) is 11.0 Å². The molecule has 1 N–H and O–H groups in total. The number of nitrogens with zero attached hydrogens (tertiary/aromatic N) is 1. The second-order valence-corrected chi connectivity index (χ2v) is 3.62. The minimum Gasteiger partial charge on any atom is -0.342 e. The van der Waals surface area contributed by atoms with Crippen molar-refractivity contribution in [2.24, 2.45) is 0 Å². The Morgan fingerprint density at radius 3 is 2.86 bits per heavy atom. The van der Waals surface area contributed by atoms with Crippen molar-refractivity contribution in [2.75, 3.05) is 0 Å². The molecule has 0 aliphatic rings. The smallest absolute Gasteiger partial charge is 0.109 e. The molecule has 0 radical (unpaired) electrons. The fourth-order valence-electron chi connectivity index (χ4n) is 1.44. The lowest BCUT2D eigenvalue weighted by atomic mass is 10.2. The van der Waals surface area contributed by atoms with Crippen LogP contribution in [0, 0.1) is 12.3 Å². The topological polar surface area (TPSA) is 28.7 Å². The monoisotopic (exact) mass is 184 g/mol. The molecule has 0 aliphatic heterocycles. The van der Waals surface area contributed by atoms with E-state index >= 15 is 0 Å². The van der Waals surface area contributed by atoms with Crippen LogP contribution in [0.15, 0.2) is 18.2 Å². The maximum atomic E-state index is 5.40. The van der Waals surface area contributed by atoms with Gasteiger partial charge in [0.25, 0.3) is 0 Å². The molecule has 1 aromatic heterocycles. The van der Waals surface area contributed by atoms with Gasteiger partial charge in [0.1, 0.15) is 11.3 Å². The molecule has 2 rings (SSSR count). The van der Waals surface area contributed by atoms with E-state index in [0.29, 0.717) is 5.92 Å². The van der Waals surface area contributed by atoms with Crippen LogP contribution in [0.4, 0.5) is 0 Å². The zero-order chi connectivity index (χ0) is 10.1. The standard InChI is InChI=1S/C12H12N2/c1-4-9-6-5-7-10-11(9)14-12(13-10)8(2)3/h1,5-8H,2-3H3,(H,13,14). The van der Waals surface area contributed by atoms with Gasteiger partial charge in [-0.15, -0.1) is 6.42 Å². The van der Waals surface area contributed by atoms with Gasteiger partial charge in [0.05, 0.1) is 11.1 Å². The quantitative estimate of drug-likeness (QED) is 0.678. The molecule has 0 amide bonds. The van der Waals surface area contributed by atoms with Gasteiger partial charge in [-0.2, -0.15) is 0 Å². The summed E-state index contributed by atoms with van der Waals surface area (Å²) in [5.41, 5.74) is 2.77. The third kappa shape index (κ3) is 1.27. The Kier molecular flexibility index (Phi) is 2.01. The third-order valence-electron chi connectivity index (χ3n) is 2.23. The molecular weight excluding hydrogens is 172 g/mol. The van der Waals surface area contributed by atoms with Crippen molar-refractivity contribution in [1.29, 1.82) is 0 Å². The average molecular weight is 184 g/mol. The van der Waals surface area contributed by atoms with Gasteiger partial charge in [-0.3, -0.25) is 0 Å². The number of rotatable bonds is 1. The van der Waals surface area contributed by atoms with Gasteiger partial charge in [-0.05, 0) is 12.1 Å². The maximum absolute atomic E-state index is 5.40. The second kappa shape index (κ2) is 3.19. The van der Waals surface area contributed by atoms with Gasteiger partial charge < -0.3 is 4.98 Å². The molecule has 0 spiro atoms. The van der Waals surface area contributed by atoms with Crippen LogP contribution in [0.3, 0.4) is 0 Å². The first-order chi connectivity index (χ1) is 6.72. The van der Waals surface area contributed by atoms with E-state index in [1.807, 2.05) is 18.2 Å². The van der Waals surface area contributed by atoms with Gasteiger partial charge >= 0.3 is 0 Å². The summed E-state index contributed by atoms with van der Waals surface area (Å²) in [5.74, 6) is 4.02. The van der Waals surface area contributed by atoms with Crippen molar-refractivity contribution in [3.8, 4) is 12.3 Å². The predicted octanol–water partition coefficient (Wildman–Crippen LogP) is 2.67. The number of imidazole rings is 1. The highest BCUT2D eigenvalue weighted by atomic mass is 14.9. The second-order valence-electron chi connectivity index (χ2n) is 3.62. The minimum atomic E-state index is 0.396. The van der Waals surface area contributed by atoms with Crippen molar-refractivity contribution >= 4 is 11.0 Å². The molecule has 0 saturated heterocycles. The van der Waals surface area contributed by atoms with Gasteiger partial charge in [-0.1, -0.05) is 25.8 Å². The van der Waals surface area contributed by atoms with E-state index in [1.165, 1.54) is 0 Å². The van der Waals surface area contributed by atoms with E-state index in [9.17, 15) is 0 Å². The van der Waals surface area contributed by atoms with Gasteiger partial charge in [0, 0.05) is 5.92 Å². The molecule has 0 aliphatic carbocycles. The van der Waals surface area contributed by atoms with E-state index in [2.05, 4.69) is 29.7 Å². The number of benzene rings is 1. The molecule has 0 atom stereocenters. The van der Waals surface area contributed by atoms with Gasteiger partial charge in [0.2, 0.25) is 0 Å². The molecule has 70 valence electrons. The summed E-state index contributed by atoms with van der Waals surface area (Å²) in [6, 6.07) is 5.85. The van der Waals surface area contributed by atoms with Crippen LogP contribution in [-0.2, 0) is 0 Å². The molecule has 0 unspecified atom stereocenters. The molecule has 14 heavy (non-hydrogen) atoms. The Morgan fingerprint density at radius 1 is 1.43 bits per heavy atom. The fraction of sp³-hybridized carbons (Fsp3) is 0.250. The van der Waals surface area contributed by atoms with Crippen LogP contribution in [-0.4, -0.2) is 9.97 Å². The zero-order valence-corrected chi connectivity index (χ0v) is 8.33. The summed E-state index contributed by atoms with van der Waals surface area (Å²) >= 11 is 0. The lowest BCUT2D eigenvalue weighted by Crippen LogP contribution is -1.88. The lowest BCUT2D eigenvalue weighted by Gasteiger charge is -1.95. The SMILES string of the molecule is C#Cc1cccc2[nH]c(C(C)C)nc12. The van der Waals surface area contributed by atoms with Crippen LogP contribution >= 0.6 is 0 Å². The average Bonchev–Trinajstić information content (AvgIpc) is 2.60. The van der Waals surface area contributed by atoms with E-state index in [1.54, 1.807) is 0 Å². The molecule has 1 heterocycles. The van der Waals surface area contributed by atoms with Crippen LogP contribution < -0.4 is 0 Å². The number of fused-ring (bicyclic) bond motifs is 1. The van der Waals surface area contributed by atoms with Crippen molar-refractivity contribution in [3.05, 3.63) is 29.6 Å². The largest absolute Gasteiger partial charge is 0.342 e. The number of aromatic nitrogens is 2. The summed E-state index contributed by atoms with van der Waals surface area (Å²) in [7, 11) is 0. The highest BCUT2D eigenvalue weighted by Gasteiger charge is 2.07. The van der Waals surface area contributed by atoms with E-state index in [-0.39, 0.29) is 0 Å². The Morgan fingerprint density at radius 2 is 2.21 bits per heavy atom. The molecule has 0 fully saturated rings. The zero-order valence-electron chi connectivity index (χ0n) is 8.33. The number of nitrogens with one attached hydrogen (secondary N) is 1. The molecule has 2 aromatic rings. The molecule has 0 saturated carbocycles. The third-order valence-corrected chi connectivity index (χ3v) is 2.23. The first-order valence-electron chi connectivity index (χ1n) is 4.67. The van der Waals surface area contributed by atoms with Crippen molar-refractivity contribution in [2.45, 2.75) is 19.8 Å². The van der Waals surface area contributed by atoms with Crippen molar-refractivity contribution in [1.82, 2.24) is 9.97 Å². The fourth-order valence-corrected chi connectivity index (χ4v) is 1.44. The number of terminal acetylenes is 1. The van der Waals surface area contributed by atoms with E-state index < -0.39 is 0 Å². The van der Waals surface area contributed by atoms with Crippen LogP contribution in [0.1, 0.15) is 31.2 Å². The maximum Gasteiger partial charge on any atom is 0.109 e. The molecule has 2 nitrogen and oxygen atoms in total. The summed E-state index contributed by atoms with van der Waals surface area (Å²) in [6.45, 7) is 4.21. The van der Waals surface area contributed by atoms with Crippen LogP contribution in [0.2, 0.25) is 0 Å².